The van der Waals surface area contributed by atoms with Gasteiger partial charge in [0.15, 0.2) is 4.96 Å². The number of nitrogens with zero attached hydrogens (tertiary/aromatic N) is 3. The lowest BCUT2D eigenvalue weighted by Crippen LogP contribution is -2.10. The molecule has 5 nitrogen and oxygen atoms in total. The van der Waals surface area contributed by atoms with Gasteiger partial charge in [0.2, 0.25) is 0 Å². The van der Waals surface area contributed by atoms with Crippen LogP contribution in [0.15, 0.2) is 22.5 Å². The van der Waals surface area contributed by atoms with Gasteiger partial charge in [0.1, 0.15) is 5.69 Å². The summed E-state index contributed by atoms with van der Waals surface area (Å²) in [4.78, 5) is 20.1. The molecule has 0 atom stereocenters. The largest absolute Gasteiger partial charge is 0.364 e. The summed E-state index contributed by atoms with van der Waals surface area (Å²) in [5.41, 5.74) is 9.04. The molecule has 0 saturated heterocycles. The Kier molecular flexibility index (Phi) is 2.01. The van der Waals surface area contributed by atoms with Crippen LogP contribution in [0, 0.1) is 0 Å². The lowest BCUT2D eigenvalue weighted by Gasteiger charge is -1.92. The first-order chi connectivity index (χ1) is 7.75. The Balaban J connectivity index is 2.23. The number of aromatic nitrogens is 3. The van der Waals surface area contributed by atoms with E-state index in [9.17, 15) is 4.79 Å². The minimum Gasteiger partial charge on any atom is -0.364 e. The summed E-state index contributed by atoms with van der Waals surface area (Å²) < 4.78 is 1.83. The number of carbonyl (C=O) groups is 1. The highest BCUT2D eigenvalue weighted by Gasteiger charge is 2.13. The van der Waals surface area contributed by atoms with Gasteiger partial charge < -0.3 is 5.73 Å². The van der Waals surface area contributed by atoms with Crippen molar-refractivity contribution in [3.63, 3.8) is 0 Å². The van der Waals surface area contributed by atoms with Gasteiger partial charge in [0.25, 0.3) is 5.91 Å². The molecule has 0 fully saturated rings. The van der Waals surface area contributed by atoms with Crippen LogP contribution >= 0.6 is 22.7 Å². The van der Waals surface area contributed by atoms with Crippen molar-refractivity contribution in [3.8, 4) is 11.4 Å². The van der Waals surface area contributed by atoms with Crippen LogP contribution in [-0.2, 0) is 0 Å². The van der Waals surface area contributed by atoms with Crippen molar-refractivity contribution in [2.45, 2.75) is 0 Å². The van der Waals surface area contributed by atoms with E-state index < -0.39 is 5.91 Å². The van der Waals surface area contributed by atoms with Crippen molar-refractivity contribution in [2.24, 2.45) is 5.73 Å². The molecule has 3 heterocycles. The normalized spacial score (nSPS) is 11.0. The monoisotopic (exact) mass is 250 g/mol. The fraction of sp³-hybridized carbons (Fsp3) is 0. The first-order valence-corrected chi connectivity index (χ1v) is 6.23. The van der Waals surface area contributed by atoms with Crippen LogP contribution in [-0.4, -0.2) is 20.3 Å². The van der Waals surface area contributed by atoms with Gasteiger partial charge in [-0.2, -0.15) is 0 Å². The Morgan fingerprint density at radius 3 is 3.00 bits per heavy atom. The molecular weight excluding hydrogens is 244 g/mol. The molecule has 3 aromatic rings. The predicted molar refractivity (Wildman–Crippen MR) is 62.7 cm³/mol. The fourth-order valence-electron chi connectivity index (χ4n) is 1.43. The molecule has 0 spiro atoms. The van der Waals surface area contributed by atoms with E-state index in [0.717, 1.165) is 16.3 Å². The highest BCUT2D eigenvalue weighted by molar-refractivity contribution is 7.15. The molecule has 0 aliphatic rings. The van der Waals surface area contributed by atoms with Crippen LogP contribution in [0.2, 0.25) is 0 Å². The number of carbonyl (C=O) groups excluding carboxylic acids is 1. The lowest BCUT2D eigenvalue weighted by molar-refractivity contribution is 0.0996. The second-order valence-corrected chi connectivity index (χ2v) is 4.69. The van der Waals surface area contributed by atoms with Crippen LogP contribution in [0.5, 0.6) is 0 Å². The molecule has 16 heavy (non-hydrogen) atoms. The van der Waals surface area contributed by atoms with Crippen molar-refractivity contribution in [1.82, 2.24) is 14.4 Å². The Morgan fingerprint density at radius 1 is 1.44 bits per heavy atom. The van der Waals surface area contributed by atoms with Crippen LogP contribution in [0.1, 0.15) is 10.5 Å². The zero-order chi connectivity index (χ0) is 11.1. The molecule has 0 aromatic carbocycles. The Morgan fingerprint density at radius 2 is 2.31 bits per heavy atom. The van der Waals surface area contributed by atoms with Crippen molar-refractivity contribution in [1.29, 1.82) is 0 Å². The third-order valence-corrected chi connectivity index (χ3v) is 3.58. The van der Waals surface area contributed by atoms with E-state index in [1.807, 2.05) is 15.2 Å². The molecule has 3 aromatic heterocycles. The molecule has 0 aliphatic carbocycles. The molecule has 2 N–H and O–H groups in total. The van der Waals surface area contributed by atoms with Gasteiger partial charge in [-0.15, -0.1) is 22.7 Å². The van der Waals surface area contributed by atoms with Crippen LogP contribution in [0.3, 0.4) is 0 Å². The van der Waals surface area contributed by atoms with Crippen molar-refractivity contribution in [2.75, 3.05) is 0 Å². The number of rotatable bonds is 2. The summed E-state index contributed by atoms with van der Waals surface area (Å²) in [6.45, 7) is 0. The van der Waals surface area contributed by atoms with Gasteiger partial charge in [-0.1, -0.05) is 0 Å². The summed E-state index contributed by atoms with van der Waals surface area (Å²) in [7, 11) is 0. The lowest BCUT2D eigenvalue weighted by atomic mass is 10.4. The second-order valence-electron chi connectivity index (χ2n) is 3.14. The number of thiazole rings is 2. The highest BCUT2D eigenvalue weighted by Crippen LogP contribution is 2.25. The number of hydrogen-bond acceptors (Lipinski definition) is 5. The molecule has 80 valence electrons. The van der Waals surface area contributed by atoms with Gasteiger partial charge in [0, 0.05) is 17.0 Å². The number of fused-ring (bicyclic) bond motifs is 1. The second kappa shape index (κ2) is 3.39. The quantitative estimate of drug-likeness (QED) is 0.751. The van der Waals surface area contributed by atoms with E-state index in [2.05, 4.69) is 9.97 Å². The summed E-state index contributed by atoms with van der Waals surface area (Å²) in [6.07, 6.45) is 1.64. The van der Waals surface area contributed by atoms with Gasteiger partial charge in [-0.3, -0.25) is 9.20 Å². The predicted octanol–water partition coefficient (Wildman–Crippen LogP) is 1.62. The smallest absolute Gasteiger partial charge is 0.268 e. The van der Waals surface area contributed by atoms with Crippen LogP contribution in [0.4, 0.5) is 0 Å². The third kappa shape index (κ3) is 1.33. The molecule has 1 amide bonds. The summed E-state index contributed by atoms with van der Waals surface area (Å²) in [5.74, 6) is -0.514. The van der Waals surface area contributed by atoms with E-state index >= 15 is 0 Å². The maximum absolute atomic E-state index is 11.0. The molecule has 0 unspecified atom stereocenters. The maximum Gasteiger partial charge on any atom is 0.268 e. The molecule has 0 bridgehead atoms. The Labute approximate surface area is 98.2 Å². The topological polar surface area (TPSA) is 73.3 Å². The molecular formula is C9H6N4OS2. The van der Waals surface area contributed by atoms with E-state index in [0.29, 0.717) is 0 Å². The molecule has 7 heteroatoms. The Bertz CT molecular complexity index is 652. The van der Waals surface area contributed by atoms with Crippen LogP contribution < -0.4 is 5.73 Å². The van der Waals surface area contributed by atoms with Crippen molar-refractivity contribution in [3.05, 3.63) is 28.2 Å². The summed E-state index contributed by atoms with van der Waals surface area (Å²) in [6, 6.07) is 0. The van der Waals surface area contributed by atoms with E-state index in [1.165, 1.54) is 22.7 Å². The van der Waals surface area contributed by atoms with E-state index in [-0.39, 0.29) is 5.69 Å². The molecule has 0 aliphatic heterocycles. The summed E-state index contributed by atoms with van der Waals surface area (Å²) >= 11 is 2.99. The van der Waals surface area contributed by atoms with Crippen molar-refractivity contribution >= 4 is 33.5 Å². The molecule has 0 saturated carbocycles. The number of primary amides is 1. The number of hydrogen-bond donors (Lipinski definition) is 1. The SMILES string of the molecule is NC(=O)c1cn2c(-c3cscn3)csc2n1. The van der Waals surface area contributed by atoms with E-state index in [1.54, 1.807) is 11.7 Å². The number of imidazole rings is 1. The zero-order valence-corrected chi connectivity index (χ0v) is 9.59. The van der Waals surface area contributed by atoms with Crippen molar-refractivity contribution < 1.29 is 4.79 Å². The first-order valence-electron chi connectivity index (χ1n) is 4.40. The van der Waals surface area contributed by atoms with Gasteiger partial charge in [-0.25, -0.2) is 9.97 Å². The minimum atomic E-state index is -0.514. The summed E-state index contributed by atoms with van der Waals surface area (Å²) in [5, 5.41) is 3.91. The highest BCUT2D eigenvalue weighted by atomic mass is 32.1. The standard InChI is InChI=1S/C9H6N4OS2/c10-8(14)5-1-13-7(3-16-9(13)12-5)6-2-15-4-11-6/h1-4H,(H2,10,14). The third-order valence-electron chi connectivity index (χ3n) is 2.16. The van der Waals surface area contributed by atoms with Gasteiger partial charge in [-0.05, 0) is 0 Å². The van der Waals surface area contributed by atoms with Gasteiger partial charge in [0.05, 0.1) is 16.9 Å². The minimum absolute atomic E-state index is 0.281. The first kappa shape index (κ1) is 9.49. The van der Waals surface area contributed by atoms with Gasteiger partial charge >= 0.3 is 0 Å². The van der Waals surface area contributed by atoms with Crippen LogP contribution in [0.25, 0.3) is 16.3 Å². The molecule has 3 rings (SSSR count). The average molecular weight is 250 g/mol. The average Bonchev–Trinajstić information content (AvgIpc) is 2.92. The fourth-order valence-corrected chi connectivity index (χ4v) is 2.84. The zero-order valence-electron chi connectivity index (χ0n) is 7.95. The maximum atomic E-state index is 11.0. The number of amides is 1. The van der Waals surface area contributed by atoms with E-state index in [4.69, 9.17) is 5.73 Å². The number of nitrogens with two attached hydrogens (primary N) is 1. The Hall–Kier alpha value is -1.73. The molecule has 0 radical (unpaired) electrons.